The van der Waals surface area contributed by atoms with Crippen molar-refractivity contribution in [3.05, 3.63) is 47.5 Å². The van der Waals surface area contributed by atoms with Crippen LogP contribution in [0.15, 0.2) is 46.2 Å². The third-order valence-corrected chi connectivity index (χ3v) is 12.7. The SMILES string of the molecule is CC(C)(C)c1ccc2c(c1)S(=O)(=O)N1CCOCCOCCN(CCOCCOCC1)S(=O)(=O)c1cc(C(C)(C)C)ccc1OCCOCCOCCO2. The van der Waals surface area contributed by atoms with Crippen LogP contribution in [0.1, 0.15) is 52.7 Å². The first-order valence-electron chi connectivity index (χ1n) is 18.6. The fraction of sp³-hybridized carbons (Fsp3) is 0.684. The number of hydrogen-bond donors (Lipinski definition) is 0. The Hall–Kier alpha value is -2.38. The summed E-state index contributed by atoms with van der Waals surface area (Å²) in [5, 5.41) is 0. The minimum absolute atomic E-state index is 0.0595. The maximum absolute atomic E-state index is 14.3. The van der Waals surface area contributed by atoms with Crippen LogP contribution in [0.2, 0.25) is 0 Å². The van der Waals surface area contributed by atoms with Crippen molar-refractivity contribution >= 4 is 20.0 Å². The standard InChI is InChI=1S/C38H60N2O12S2/c1-37(2,3)31-7-9-33-35(29-31)53(41,42)39-11-15-45-19-21-47-17-13-40(14-18-48-22-20-46-16-12-39)54(43,44)36-30-32(38(4,5)6)8-10-34(36)52-28-26-50-24-23-49-25-27-51-33/h7-10,29-30H,11-28H2,1-6H3. The molecule has 1 fully saturated rings. The molecule has 0 aliphatic carbocycles. The Morgan fingerprint density at radius 3 is 1.00 bits per heavy atom. The van der Waals surface area contributed by atoms with E-state index in [4.69, 9.17) is 37.9 Å². The molecule has 14 nitrogen and oxygen atoms in total. The minimum atomic E-state index is -4.06. The first kappa shape index (κ1) is 44.3. The van der Waals surface area contributed by atoms with E-state index in [0.29, 0.717) is 0 Å². The van der Waals surface area contributed by atoms with E-state index >= 15 is 0 Å². The van der Waals surface area contributed by atoms with E-state index in [2.05, 4.69) is 0 Å². The van der Waals surface area contributed by atoms with E-state index in [1.807, 2.05) is 53.7 Å². The molecule has 306 valence electrons. The number of benzene rings is 2. The third kappa shape index (κ3) is 13.1. The highest BCUT2D eigenvalue weighted by Crippen LogP contribution is 2.34. The number of rotatable bonds is 0. The van der Waals surface area contributed by atoms with Crippen molar-refractivity contribution in [2.75, 3.05) is 119 Å². The summed E-state index contributed by atoms with van der Waals surface area (Å²) in [6.45, 7) is 14.7. The fourth-order valence-electron chi connectivity index (χ4n) is 5.63. The summed E-state index contributed by atoms with van der Waals surface area (Å²) in [5.41, 5.74) is 1.07. The van der Waals surface area contributed by atoms with Crippen LogP contribution in [0.25, 0.3) is 0 Å². The molecule has 0 spiro atoms. The van der Waals surface area contributed by atoms with E-state index in [0.717, 1.165) is 11.1 Å². The van der Waals surface area contributed by atoms with Crippen LogP contribution in [0.3, 0.4) is 0 Å². The smallest absolute Gasteiger partial charge is 0.246 e. The largest absolute Gasteiger partial charge is 0.490 e. The number of nitrogens with zero attached hydrogens (tertiary/aromatic N) is 2. The number of ether oxygens (including phenoxy) is 8. The van der Waals surface area contributed by atoms with Crippen molar-refractivity contribution in [1.82, 2.24) is 8.61 Å². The normalized spacial score (nSPS) is 24.0. The van der Waals surface area contributed by atoms with Crippen LogP contribution in [0.5, 0.6) is 11.5 Å². The number of sulfonamides is 2. The highest BCUT2D eigenvalue weighted by Gasteiger charge is 2.31. The van der Waals surface area contributed by atoms with Gasteiger partial charge in [0, 0.05) is 26.2 Å². The molecule has 0 N–H and O–H groups in total. The van der Waals surface area contributed by atoms with Crippen LogP contribution < -0.4 is 9.47 Å². The molecule has 3 aliphatic rings. The topological polar surface area (TPSA) is 149 Å². The summed E-state index contributed by atoms with van der Waals surface area (Å²) in [7, 11) is -8.12. The monoisotopic (exact) mass is 800 g/mol. The lowest BCUT2D eigenvalue weighted by molar-refractivity contribution is 0.0235. The summed E-state index contributed by atoms with van der Waals surface area (Å²) in [6.07, 6.45) is 0. The Labute approximate surface area is 322 Å². The van der Waals surface area contributed by atoms with Crippen LogP contribution in [-0.4, -0.2) is 144 Å². The van der Waals surface area contributed by atoms with Gasteiger partial charge in [0.2, 0.25) is 20.0 Å². The molecule has 3 aliphatic heterocycles. The minimum Gasteiger partial charge on any atom is -0.490 e. The molecule has 16 heteroatoms. The van der Waals surface area contributed by atoms with Crippen molar-refractivity contribution in [2.24, 2.45) is 0 Å². The van der Waals surface area contributed by atoms with E-state index in [-0.39, 0.29) is 151 Å². The van der Waals surface area contributed by atoms with Gasteiger partial charge in [-0.3, -0.25) is 0 Å². The van der Waals surface area contributed by atoms with Gasteiger partial charge in [-0.05, 0) is 46.2 Å². The summed E-state index contributed by atoms with van der Waals surface area (Å²) in [5.74, 6) is 0.464. The zero-order chi connectivity index (χ0) is 39.2. The lowest BCUT2D eigenvalue weighted by atomic mass is 9.87. The number of hydrogen-bond acceptors (Lipinski definition) is 12. The van der Waals surface area contributed by atoms with Gasteiger partial charge in [-0.2, -0.15) is 8.61 Å². The first-order chi connectivity index (χ1) is 25.6. The van der Waals surface area contributed by atoms with Gasteiger partial charge in [-0.25, -0.2) is 16.8 Å². The van der Waals surface area contributed by atoms with Gasteiger partial charge in [-0.15, -0.1) is 0 Å². The highest BCUT2D eigenvalue weighted by atomic mass is 32.2. The highest BCUT2D eigenvalue weighted by molar-refractivity contribution is 7.89. The van der Waals surface area contributed by atoms with E-state index in [1.165, 1.54) is 8.61 Å². The van der Waals surface area contributed by atoms with Crippen molar-refractivity contribution in [3.63, 3.8) is 0 Å². The Morgan fingerprint density at radius 1 is 0.426 bits per heavy atom. The Bertz CT molecular complexity index is 1530. The third-order valence-electron chi connectivity index (χ3n) is 8.88. The van der Waals surface area contributed by atoms with Gasteiger partial charge >= 0.3 is 0 Å². The quantitative estimate of drug-likeness (QED) is 0.357. The van der Waals surface area contributed by atoms with Gasteiger partial charge in [0.1, 0.15) is 34.5 Å². The van der Waals surface area contributed by atoms with Gasteiger partial charge < -0.3 is 37.9 Å². The molecule has 2 bridgehead atoms. The lowest BCUT2D eigenvalue weighted by Crippen LogP contribution is -2.38. The van der Waals surface area contributed by atoms with Crippen molar-refractivity contribution in [3.8, 4) is 11.5 Å². The molecule has 0 saturated carbocycles. The average molecular weight is 801 g/mol. The second-order valence-electron chi connectivity index (χ2n) is 15.0. The second-order valence-corrected chi connectivity index (χ2v) is 18.8. The summed E-state index contributed by atoms with van der Waals surface area (Å²) in [6, 6.07) is 10.5. The van der Waals surface area contributed by atoms with Gasteiger partial charge in [0.05, 0.1) is 79.3 Å². The molecule has 54 heavy (non-hydrogen) atoms. The Balaban J connectivity index is 1.62. The van der Waals surface area contributed by atoms with E-state index in [1.54, 1.807) is 24.3 Å². The van der Waals surface area contributed by atoms with Gasteiger partial charge in [0.15, 0.2) is 0 Å². The second kappa shape index (κ2) is 20.7. The molecule has 0 radical (unpaired) electrons. The molecular formula is C38H60N2O12S2. The predicted molar refractivity (Wildman–Crippen MR) is 204 cm³/mol. The summed E-state index contributed by atoms with van der Waals surface area (Å²) >= 11 is 0. The van der Waals surface area contributed by atoms with Crippen LogP contribution in [0, 0.1) is 0 Å². The lowest BCUT2D eigenvalue weighted by Gasteiger charge is -2.26. The van der Waals surface area contributed by atoms with E-state index in [9.17, 15) is 16.8 Å². The molecule has 0 unspecified atom stereocenters. The fourth-order valence-corrected chi connectivity index (χ4v) is 8.76. The molecule has 3 heterocycles. The van der Waals surface area contributed by atoms with Crippen LogP contribution in [0.4, 0.5) is 0 Å². The molecule has 5 rings (SSSR count). The maximum Gasteiger partial charge on any atom is 0.246 e. The van der Waals surface area contributed by atoms with Gasteiger partial charge in [0.25, 0.3) is 0 Å². The molecule has 2 aromatic rings. The Morgan fingerprint density at radius 2 is 0.704 bits per heavy atom. The average Bonchev–Trinajstić information content (AvgIpc) is 3.10. The maximum atomic E-state index is 14.3. The molecule has 1 saturated heterocycles. The van der Waals surface area contributed by atoms with Crippen molar-refractivity contribution in [1.29, 1.82) is 0 Å². The van der Waals surface area contributed by atoms with Gasteiger partial charge in [-0.1, -0.05) is 53.7 Å². The van der Waals surface area contributed by atoms with Crippen molar-refractivity contribution in [2.45, 2.75) is 62.2 Å². The molecule has 0 aromatic heterocycles. The number of fused-ring (bicyclic) bond motifs is 23. The molecule has 0 amide bonds. The molecular weight excluding hydrogens is 741 g/mol. The molecule has 0 atom stereocenters. The summed E-state index contributed by atoms with van der Waals surface area (Å²) in [4.78, 5) is 0.119. The summed E-state index contributed by atoms with van der Waals surface area (Å²) < 4.78 is 107. The van der Waals surface area contributed by atoms with Crippen LogP contribution in [-0.2, 0) is 59.3 Å². The predicted octanol–water partition coefficient (Wildman–Crippen LogP) is 3.85. The Kier molecular flexibility index (Phi) is 17.0. The zero-order valence-corrected chi connectivity index (χ0v) is 34.4. The first-order valence-corrected chi connectivity index (χ1v) is 21.5. The van der Waals surface area contributed by atoms with Crippen molar-refractivity contribution < 1.29 is 54.7 Å². The van der Waals surface area contributed by atoms with E-state index < -0.39 is 20.0 Å². The zero-order valence-electron chi connectivity index (χ0n) is 32.8. The van der Waals surface area contributed by atoms with Crippen LogP contribution >= 0.6 is 0 Å². The molecule has 2 aromatic carbocycles.